The molecule has 2 aliphatic rings. The zero-order valence-electron chi connectivity index (χ0n) is 23.0. The number of alkyl halides is 5. The monoisotopic (exact) mass is 618 g/mol. The number of benzene rings is 2. The summed E-state index contributed by atoms with van der Waals surface area (Å²) in [5.41, 5.74) is -4.41. The third-order valence-corrected chi connectivity index (χ3v) is 8.15. The molecule has 42 heavy (non-hydrogen) atoms. The van der Waals surface area contributed by atoms with Crippen LogP contribution in [0.3, 0.4) is 0 Å². The second kappa shape index (κ2) is 12.6. The Bertz CT molecular complexity index is 1280. The van der Waals surface area contributed by atoms with Crippen molar-refractivity contribution in [1.82, 2.24) is 9.80 Å². The van der Waals surface area contributed by atoms with E-state index in [0.717, 1.165) is 42.4 Å². The van der Waals surface area contributed by atoms with Gasteiger partial charge in [-0.15, -0.1) is 0 Å². The number of aliphatic hydroxyl groups is 1. The summed E-state index contributed by atoms with van der Waals surface area (Å²) in [4.78, 5) is 27.6. The van der Waals surface area contributed by atoms with Crippen LogP contribution >= 0.6 is 11.6 Å². The minimum absolute atomic E-state index is 0.0188. The summed E-state index contributed by atoms with van der Waals surface area (Å²) >= 11 is 6.25. The normalized spacial score (nSPS) is 21.0. The van der Waals surface area contributed by atoms with Crippen molar-refractivity contribution in [2.24, 2.45) is 11.8 Å². The van der Waals surface area contributed by atoms with Crippen LogP contribution < -0.4 is 9.47 Å². The van der Waals surface area contributed by atoms with Crippen LogP contribution in [0.15, 0.2) is 42.5 Å². The van der Waals surface area contributed by atoms with Crippen LogP contribution in [0.1, 0.15) is 48.0 Å². The van der Waals surface area contributed by atoms with Gasteiger partial charge in [-0.05, 0) is 74.3 Å². The largest absolute Gasteiger partial charge is 0.490 e. The number of halogens is 6. The molecule has 1 unspecified atom stereocenters. The van der Waals surface area contributed by atoms with E-state index in [1.807, 2.05) is 0 Å². The van der Waals surface area contributed by atoms with Crippen LogP contribution in [0.25, 0.3) is 0 Å². The second-order valence-corrected chi connectivity index (χ2v) is 11.4. The molecule has 1 heterocycles. The van der Waals surface area contributed by atoms with Gasteiger partial charge < -0.3 is 24.4 Å². The second-order valence-electron chi connectivity index (χ2n) is 11.0. The van der Waals surface area contributed by atoms with E-state index in [2.05, 4.69) is 4.74 Å². The molecule has 0 bridgehead atoms. The van der Waals surface area contributed by atoms with Crippen molar-refractivity contribution in [1.29, 1.82) is 0 Å². The highest BCUT2D eigenvalue weighted by molar-refractivity contribution is 6.34. The molecular weight excluding hydrogens is 587 g/mol. The lowest BCUT2D eigenvalue weighted by molar-refractivity contribution is -0.262. The first-order valence-corrected chi connectivity index (χ1v) is 13.9. The Hall–Kier alpha value is -3.12. The molecule has 1 N–H and O–H groups in total. The average molecular weight is 619 g/mol. The van der Waals surface area contributed by atoms with E-state index in [9.17, 15) is 36.6 Å². The highest BCUT2D eigenvalue weighted by Gasteiger charge is 2.62. The Balaban J connectivity index is 1.29. The molecule has 2 aromatic carbocycles. The molecular formula is C29H32ClF5N2O5. The number of hydrogen-bond acceptors (Lipinski definition) is 5. The van der Waals surface area contributed by atoms with Gasteiger partial charge in [-0.3, -0.25) is 9.59 Å². The third kappa shape index (κ3) is 6.91. The van der Waals surface area contributed by atoms with Gasteiger partial charge >= 0.3 is 12.8 Å². The van der Waals surface area contributed by atoms with Crippen molar-refractivity contribution in [3.8, 4) is 11.5 Å². The van der Waals surface area contributed by atoms with Crippen LogP contribution in [0.4, 0.5) is 22.0 Å². The summed E-state index contributed by atoms with van der Waals surface area (Å²) < 4.78 is 77.5. The molecule has 0 spiro atoms. The molecule has 1 atom stereocenters. The topological polar surface area (TPSA) is 79.3 Å². The summed E-state index contributed by atoms with van der Waals surface area (Å²) in [6.07, 6.45) is -2.07. The lowest BCUT2D eigenvalue weighted by Crippen LogP contribution is -2.57. The first-order chi connectivity index (χ1) is 19.7. The molecule has 0 aromatic heterocycles. The van der Waals surface area contributed by atoms with E-state index in [4.69, 9.17) is 16.3 Å². The molecule has 1 aliphatic carbocycles. The molecule has 1 saturated carbocycles. The number of nitrogens with zero attached hydrogens (tertiary/aromatic N) is 2. The van der Waals surface area contributed by atoms with Gasteiger partial charge in [0.15, 0.2) is 0 Å². The Labute approximate surface area is 245 Å². The van der Waals surface area contributed by atoms with Gasteiger partial charge in [0.1, 0.15) is 11.5 Å². The van der Waals surface area contributed by atoms with Crippen molar-refractivity contribution < 1.29 is 46.1 Å². The highest BCUT2D eigenvalue weighted by atomic mass is 35.5. The number of piperidine rings is 1. The van der Waals surface area contributed by atoms with Crippen LogP contribution in [0.2, 0.25) is 5.02 Å². The minimum atomic E-state index is -5.39. The fourth-order valence-corrected chi connectivity index (χ4v) is 5.77. The van der Waals surface area contributed by atoms with E-state index in [1.54, 1.807) is 32.3 Å². The zero-order valence-corrected chi connectivity index (χ0v) is 23.8. The third-order valence-electron chi connectivity index (χ3n) is 7.84. The van der Waals surface area contributed by atoms with Gasteiger partial charge in [0.05, 0.1) is 16.7 Å². The molecule has 4 rings (SSSR count). The quantitative estimate of drug-likeness (QED) is 0.355. The Morgan fingerprint density at radius 2 is 1.71 bits per heavy atom. The van der Waals surface area contributed by atoms with Crippen LogP contribution in [0, 0.1) is 11.8 Å². The summed E-state index contributed by atoms with van der Waals surface area (Å²) in [5, 5.41) is 11.0. The van der Waals surface area contributed by atoms with Gasteiger partial charge in [0.25, 0.3) is 17.4 Å². The maximum absolute atomic E-state index is 14.1. The van der Waals surface area contributed by atoms with E-state index in [-0.39, 0.29) is 31.0 Å². The van der Waals surface area contributed by atoms with Crippen molar-refractivity contribution in [2.45, 2.75) is 56.6 Å². The minimum Gasteiger partial charge on any atom is -0.490 e. The van der Waals surface area contributed by atoms with Crippen LogP contribution in [-0.4, -0.2) is 72.8 Å². The maximum Gasteiger partial charge on any atom is 0.430 e. The predicted octanol–water partition coefficient (Wildman–Crippen LogP) is 5.88. The van der Waals surface area contributed by atoms with E-state index in [0.29, 0.717) is 41.2 Å². The molecule has 1 saturated heterocycles. The number of rotatable bonds is 9. The molecule has 2 amide bonds. The summed E-state index contributed by atoms with van der Waals surface area (Å²) in [5.74, 6) is -1.24. The first kappa shape index (κ1) is 31.8. The van der Waals surface area contributed by atoms with Crippen molar-refractivity contribution >= 4 is 23.4 Å². The lowest BCUT2D eigenvalue weighted by atomic mass is 9.74. The smallest absolute Gasteiger partial charge is 0.430 e. The average Bonchev–Trinajstić information content (AvgIpc) is 2.90. The van der Waals surface area contributed by atoms with Gasteiger partial charge in [-0.25, -0.2) is 0 Å². The number of carbonyl (C=O) groups excluding carboxylic acids is 2. The number of ether oxygens (including phenoxy) is 2. The Morgan fingerprint density at radius 3 is 2.29 bits per heavy atom. The van der Waals surface area contributed by atoms with Gasteiger partial charge in [-0.2, -0.15) is 22.0 Å². The molecule has 0 radical (unpaired) electrons. The zero-order chi connectivity index (χ0) is 30.8. The SMILES string of the molecule is CN(C)C(=O)c1ccc(OC2CC(CC3CCN(C(=O)C(O)(c4cccc(OC(F)F)c4)C(F)(F)F)CC3)C2)cc1Cl. The molecule has 13 heteroatoms. The first-order valence-electron chi connectivity index (χ1n) is 13.5. The molecule has 2 aromatic rings. The van der Waals surface area contributed by atoms with Gasteiger partial charge in [0.2, 0.25) is 0 Å². The molecule has 7 nitrogen and oxygen atoms in total. The molecule has 1 aliphatic heterocycles. The van der Waals surface area contributed by atoms with Crippen molar-refractivity contribution in [2.75, 3.05) is 27.2 Å². The van der Waals surface area contributed by atoms with Crippen LogP contribution in [0.5, 0.6) is 11.5 Å². The van der Waals surface area contributed by atoms with Crippen molar-refractivity contribution in [3.05, 3.63) is 58.6 Å². The highest BCUT2D eigenvalue weighted by Crippen LogP contribution is 2.43. The number of likely N-dealkylation sites (tertiary alicyclic amines) is 1. The lowest BCUT2D eigenvalue weighted by Gasteiger charge is -2.41. The molecule has 2 fully saturated rings. The number of hydrogen-bond donors (Lipinski definition) is 1. The maximum atomic E-state index is 14.1. The predicted molar refractivity (Wildman–Crippen MR) is 144 cm³/mol. The fourth-order valence-electron chi connectivity index (χ4n) is 5.52. The van der Waals surface area contributed by atoms with Crippen molar-refractivity contribution in [3.63, 3.8) is 0 Å². The summed E-state index contributed by atoms with van der Waals surface area (Å²) in [7, 11) is 3.27. The van der Waals surface area contributed by atoms with Gasteiger partial charge in [-0.1, -0.05) is 23.7 Å². The number of carbonyl (C=O) groups is 2. The summed E-state index contributed by atoms with van der Waals surface area (Å²) in [6, 6.07) is 8.42. The number of amides is 2. The van der Waals surface area contributed by atoms with E-state index >= 15 is 0 Å². The van der Waals surface area contributed by atoms with Crippen LogP contribution in [-0.2, 0) is 10.4 Å². The van der Waals surface area contributed by atoms with Gasteiger partial charge in [0, 0.05) is 32.7 Å². The summed E-state index contributed by atoms with van der Waals surface area (Å²) in [6.45, 7) is -3.23. The standard InChI is InChI=1S/C29H32ClF5N2O5/c1-36(2)25(38)23-7-6-21(16-24(23)30)41-22-13-18(14-22)12-17-8-10-37(11-9-17)26(39)28(40,29(33,34)35)19-4-3-5-20(15-19)42-27(31)32/h3-7,15-18,22,27,40H,8-14H2,1-2H3. The fraction of sp³-hybridized carbons (Fsp3) is 0.517. The molecule has 230 valence electrons. The Kier molecular flexibility index (Phi) is 9.56. The Morgan fingerprint density at radius 1 is 1.05 bits per heavy atom. The van der Waals surface area contributed by atoms with E-state index < -0.39 is 35.6 Å². The van der Waals surface area contributed by atoms with E-state index in [1.165, 1.54) is 4.90 Å².